The van der Waals surface area contributed by atoms with Gasteiger partial charge in [0, 0.05) is 48.6 Å². The summed E-state index contributed by atoms with van der Waals surface area (Å²) < 4.78 is 4.49. The lowest BCUT2D eigenvalue weighted by atomic mass is 9.92. The Morgan fingerprint density at radius 1 is 0.338 bits per heavy atom. The zero-order chi connectivity index (χ0) is 56.5. The van der Waals surface area contributed by atoms with Crippen LogP contribution in [0.4, 0.5) is 0 Å². The van der Waals surface area contributed by atoms with Crippen LogP contribution >= 0.6 is 21.6 Å². The molecule has 0 aliphatic heterocycles. The zero-order valence-corrected chi connectivity index (χ0v) is 54.3. The van der Waals surface area contributed by atoms with Crippen molar-refractivity contribution in [2.24, 2.45) is 0 Å². The first kappa shape index (κ1) is 84.7. The van der Waals surface area contributed by atoms with Gasteiger partial charge >= 0.3 is 0 Å². The molecule has 0 spiro atoms. The van der Waals surface area contributed by atoms with Crippen LogP contribution in [0.1, 0.15) is 247 Å². The lowest BCUT2D eigenvalue weighted by Gasteiger charge is -2.13. The van der Waals surface area contributed by atoms with E-state index in [4.69, 9.17) is 0 Å². The Labute approximate surface area is 457 Å². The molecule has 0 fully saturated rings. The third kappa shape index (κ3) is 61.1. The lowest BCUT2D eigenvalue weighted by molar-refractivity contribution is -0.697. The minimum atomic E-state index is 1.12. The van der Waals surface area contributed by atoms with E-state index in [9.17, 15) is 0 Å². The summed E-state index contributed by atoms with van der Waals surface area (Å²) in [5, 5.41) is 0. The third-order valence-corrected chi connectivity index (χ3v) is 12.0. The summed E-state index contributed by atoms with van der Waals surface area (Å²) >= 11 is 0. The van der Waals surface area contributed by atoms with Crippen molar-refractivity contribution in [2.75, 3.05) is 11.5 Å². The van der Waals surface area contributed by atoms with Crippen LogP contribution in [0.3, 0.4) is 0 Å². The Hall–Kier alpha value is -3.08. The van der Waals surface area contributed by atoms with Crippen LogP contribution < -0.4 is 9.13 Å². The first-order valence-electron chi connectivity index (χ1n) is 29.1. The normalized spacial score (nSPS) is 9.89. The van der Waals surface area contributed by atoms with Gasteiger partial charge in [0.15, 0.2) is 24.8 Å². The van der Waals surface area contributed by atoms with Gasteiger partial charge in [-0.3, -0.25) is 0 Å². The summed E-state index contributed by atoms with van der Waals surface area (Å²) in [6.07, 6.45) is 23.0. The van der Waals surface area contributed by atoms with Gasteiger partial charge in [0.25, 0.3) is 0 Å². The molecule has 0 bridgehead atoms. The van der Waals surface area contributed by atoms with Crippen molar-refractivity contribution in [1.82, 2.24) is 0 Å². The van der Waals surface area contributed by atoms with E-state index in [1.54, 1.807) is 22.3 Å². The van der Waals surface area contributed by atoms with E-state index in [0.29, 0.717) is 0 Å². The number of aryl methyl sites for hydroxylation is 6. The van der Waals surface area contributed by atoms with Gasteiger partial charge in [-0.05, 0) is 129 Å². The van der Waals surface area contributed by atoms with E-state index in [-0.39, 0.29) is 0 Å². The molecule has 414 valence electrons. The molecular formula is C67H126N2S2+2. The predicted octanol–water partition coefficient (Wildman–Crippen LogP) is 22.6. The van der Waals surface area contributed by atoms with E-state index < -0.39 is 0 Å². The highest BCUT2D eigenvalue weighted by Gasteiger charge is 2.07. The predicted molar refractivity (Wildman–Crippen MR) is 340 cm³/mol. The van der Waals surface area contributed by atoms with E-state index in [0.717, 1.165) is 13.1 Å². The van der Waals surface area contributed by atoms with Crippen LogP contribution in [-0.4, -0.2) is 11.5 Å². The van der Waals surface area contributed by atoms with Crippen molar-refractivity contribution < 1.29 is 9.13 Å². The Kier molecular flexibility index (Phi) is 90.5. The molecule has 2 aromatic heterocycles. The molecule has 0 saturated carbocycles. The monoisotopic (exact) mass is 1020 g/mol. The van der Waals surface area contributed by atoms with E-state index >= 15 is 0 Å². The van der Waals surface area contributed by atoms with Crippen molar-refractivity contribution in [1.29, 1.82) is 0 Å². The van der Waals surface area contributed by atoms with Gasteiger partial charge < -0.3 is 0 Å². The van der Waals surface area contributed by atoms with Gasteiger partial charge in [0.2, 0.25) is 0 Å². The number of hydrogen-bond acceptors (Lipinski definition) is 2. The summed E-state index contributed by atoms with van der Waals surface area (Å²) in [5.74, 6) is 2.45. The van der Waals surface area contributed by atoms with Crippen LogP contribution in [0.2, 0.25) is 0 Å². The number of benzene rings is 2. The molecule has 71 heavy (non-hydrogen) atoms. The second-order valence-electron chi connectivity index (χ2n) is 15.2. The first-order chi connectivity index (χ1) is 34.6. The summed E-state index contributed by atoms with van der Waals surface area (Å²) in [4.78, 5) is 0. The maximum atomic E-state index is 2.26. The second-order valence-corrected chi connectivity index (χ2v) is 17.9. The minimum Gasteiger partial charge on any atom is -0.205 e. The topological polar surface area (TPSA) is 7.76 Å². The van der Waals surface area contributed by atoms with Crippen LogP contribution in [0, 0.1) is 0 Å². The third-order valence-electron chi connectivity index (χ3n) is 9.45. The molecule has 4 heteroatoms. The molecule has 2 aliphatic rings. The van der Waals surface area contributed by atoms with E-state index in [1.165, 1.54) is 104 Å². The minimum absolute atomic E-state index is 1.12. The van der Waals surface area contributed by atoms with Crippen LogP contribution in [0.15, 0.2) is 132 Å². The highest BCUT2D eigenvalue weighted by atomic mass is 33.1. The van der Waals surface area contributed by atoms with Crippen molar-refractivity contribution in [3.63, 3.8) is 0 Å². The Morgan fingerprint density at radius 3 is 0.718 bits per heavy atom. The van der Waals surface area contributed by atoms with Crippen molar-refractivity contribution in [3.8, 4) is 0 Å². The quantitative estimate of drug-likeness (QED) is 0.0714. The SMILES string of the molecule is CC.CC.CC.CC.CC.CC.CC.CC.CC(C)=C(C)C.CC(C)=C(C)C.CCC.c1cc[n+](CCCSSCCC[n+]2ccccc2)cc1.c1ccc2c(c1)CCCC2.c1ccc2c(c1)CCCC2. The Morgan fingerprint density at radius 2 is 0.535 bits per heavy atom. The second kappa shape index (κ2) is 75.8. The fraction of sp³-hybridized carbons (Fsp3) is 0.612. The van der Waals surface area contributed by atoms with Gasteiger partial charge in [0.05, 0.1) is 0 Å². The highest BCUT2D eigenvalue weighted by molar-refractivity contribution is 8.76. The highest BCUT2D eigenvalue weighted by Crippen LogP contribution is 2.23. The number of nitrogens with zero attached hydrogens (tertiary/aromatic N) is 2. The largest absolute Gasteiger partial charge is 0.205 e. The fourth-order valence-electron chi connectivity index (χ4n) is 5.25. The molecular weight excluding hydrogens is 897 g/mol. The molecule has 2 aromatic carbocycles. The zero-order valence-electron chi connectivity index (χ0n) is 52.7. The number of hydrogen-bond donors (Lipinski definition) is 0. The van der Waals surface area contributed by atoms with Crippen LogP contribution in [-0.2, 0) is 38.8 Å². The molecule has 6 rings (SSSR count). The van der Waals surface area contributed by atoms with Gasteiger partial charge in [0.1, 0.15) is 13.1 Å². The summed E-state index contributed by atoms with van der Waals surface area (Å²) in [6, 6.07) is 30.1. The van der Waals surface area contributed by atoms with Gasteiger partial charge in [-0.1, -0.05) is 236 Å². The molecule has 2 aliphatic carbocycles. The maximum Gasteiger partial charge on any atom is 0.168 e. The number of allylic oxidation sites excluding steroid dienone is 4. The molecule has 0 N–H and O–H groups in total. The first-order valence-corrected chi connectivity index (χ1v) is 31.5. The average molecular weight is 1020 g/mol. The van der Waals surface area contributed by atoms with Gasteiger partial charge in [-0.2, -0.15) is 0 Å². The molecule has 2 nitrogen and oxygen atoms in total. The Bertz CT molecular complexity index is 1370. The van der Waals surface area contributed by atoms with E-state index in [1.807, 2.05) is 132 Å². The maximum absolute atomic E-state index is 2.26. The number of pyridine rings is 2. The molecule has 0 saturated heterocycles. The molecule has 0 radical (unpaired) electrons. The molecule has 0 amide bonds. The number of aromatic nitrogens is 2. The molecule has 0 atom stereocenters. The summed E-state index contributed by atoms with van der Waals surface area (Å²) in [6.45, 7) is 55.5. The molecule has 4 aromatic rings. The molecule has 0 unspecified atom stereocenters. The lowest BCUT2D eigenvalue weighted by Crippen LogP contribution is -2.32. The van der Waals surface area contributed by atoms with Crippen molar-refractivity contribution >= 4 is 21.6 Å². The standard InChI is InChI=1S/C16H22N2S2.2C10H12.2C6H12.C3H8.8C2H6/c1-3-9-17(10-4-1)13-7-15-19-20-16-8-14-18-11-5-2-6-12-18;2*1-2-6-10-8-4-3-7-9(10)5-1;2*1-5(2)6(3)4;1-3-2;8*1-2/h1-6,9-12H,7-8,13-16H2;2*1-2,5-6H,3-4,7-8H2;2*1-4H3;3H2,1-2H3;8*1-2H3/q+2;;;;;;;;;;;;;. The van der Waals surface area contributed by atoms with Gasteiger partial charge in [-0.25, -0.2) is 9.13 Å². The van der Waals surface area contributed by atoms with Gasteiger partial charge in [-0.15, -0.1) is 0 Å². The fourth-order valence-corrected chi connectivity index (χ4v) is 7.39. The Balaban J connectivity index is -0.000000113. The van der Waals surface area contributed by atoms with Crippen LogP contribution in [0.5, 0.6) is 0 Å². The van der Waals surface area contributed by atoms with Crippen molar-refractivity contribution in [2.45, 2.75) is 264 Å². The number of fused-ring (bicyclic) bond motifs is 2. The summed E-state index contributed by atoms with van der Waals surface area (Å²) in [7, 11) is 4.00. The smallest absolute Gasteiger partial charge is 0.168 e. The van der Waals surface area contributed by atoms with Crippen molar-refractivity contribution in [3.05, 3.63) is 154 Å². The summed E-state index contributed by atoms with van der Waals surface area (Å²) in [5.41, 5.74) is 12.0. The molecule has 2 heterocycles. The van der Waals surface area contributed by atoms with E-state index in [2.05, 4.69) is 188 Å². The average Bonchev–Trinajstić information content (AvgIpc) is 3.45. The van der Waals surface area contributed by atoms with Crippen LogP contribution in [0.25, 0.3) is 0 Å². The number of rotatable bonds is 9.